The Morgan fingerprint density at radius 2 is 1.95 bits per heavy atom. The van der Waals surface area contributed by atoms with Crippen molar-refractivity contribution in [2.45, 2.75) is 38.1 Å². The minimum Gasteiger partial charge on any atom is -0.215 e. The molecule has 1 N–H and O–H groups in total. The first-order valence-electron chi connectivity index (χ1n) is 6.76. The molecule has 0 saturated carbocycles. The van der Waals surface area contributed by atoms with E-state index in [0.29, 0.717) is 25.3 Å². The van der Waals surface area contributed by atoms with E-state index in [4.69, 9.17) is 11.6 Å². The predicted octanol–water partition coefficient (Wildman–Crippen LogP) is 0.739. The van der Waals surface area contributed by atoms with Gasteiger partial charge in [-0.15, -0.1) is 11.6 Å². The van der Waals surface area contributed by atoms with Gasteiger partial charge in [0.05, 0.1) is 12.0 Å². The maximum Gasteiger partial charge on any atom is 0.214 e. The molecule has 0 aromatic rings. The normalized spacial score (nSPS) is 22.0. The third kappa shape index (κ3) is 6.26. The highest BCUT2D eigenvalue weighted by Crippen LogP contribution is 2.23. The van der Waals surface area contributed by atoms with E-state index < -0.39 is 20.0 Å². The van der Waals surface area contributed by atoms with Crippen LogP contribution in [-0.2, 0) is 20.0 Å². The Morgan fingerprint density at radius 1 is 1.25 bits per heavy atom. The lowest BCUT2D eigenvalue weighted by Crippen LogP contribution is -2.46. The second-order valence-electron chi connectivity index (χ2n) is 5.07. The summed E-state index contributed by atoms with van der Waals surface area (Å²) < 4.78 is 50.5. The number of hydrogen-bond acceptors (Lipinski definition) is 4. The highest BCUT2D eigenvalue weighted by atomic mass is 35.5. The number of nitrogens with zero attached hydrogens (tertiary/aromatic N) is 1. The second kappa shape index (κ2) is 7.93. The summed E-state index contributed by atoms with van der Waals surface area (Å²) >= 11 is 5.56. The van der Waals surface area contributed by atoms with Gasteiger partial charge in [-0.3, -0.25) is 0 Å². The summed E-state index contributed by atoms with van der Waals surface area (Å²) in [5.74, 6) is 0.389. The van der Waals surface area contributed by atoms with E-state index in [1.54, 1.807) is 0 Å². The van der Waals surface area contributed by atoms with E-state index in [-0.39, 0.29) is 18.3 Å². The number of sulfonamides is 2. The van der Waals surface area contributed by atoms with Gasteiger partial charge in [0, 0.05) is 25.0 Å². The quantitative estimate of drug-likeness (QED) is 0.657. The molecule has 120 valence electrons. The Labute approximate surface area is 127 Å². The second-order valence-corrected chi connectivity index (χ2v) is 9.33. The highest BCUT2D eigenvalue weighted by molar-refractivity contribution is 7.89. The number of rotatable bonds is 8. The molecule has 0 radical (unpaired) electrons. The van der Waals surface area contributed by atoms with Crippen LogP contribution in [0.15, 0.2) is 0 Å². The minimum atomic E-state index is -3.29. The van der Waals surface area contributed by atoms with E-state index in [1.807, 2.05) is 0 Å². The SMILES string of the molecule is CS(=O)(=O)NCCC1CCCCN1S(=O)(=O)CCCCl. The Bertz CT molecular complexity index is 493. The van der Waals surface area contributed by atoms with Crippen LogP contribution in [0.4, 0.5) is 0 Å². The summed E-state index contributed by atoms with van der Waals surface area (Å²) in [5.41, 5.74) is 0. The number of alkyl halides is 1. The fraction of sp³-hybridized carbons (Fsp3) is 1.00. The van der Waals surface area contributed by atoms with Gasteiger partial charge in [0.1, 0.15) is 0 Å². The standard InChI is InChI=1S/C11H23ClN2O4S2/c1-19(15,16)13-8-6-11-5-2-3-9-14(11)20(17,18)10-4-7-12/h11,13H,2-10H2,1H3. The molecule has 6 nitrogen and oxygen atoms in total. The first-order chi connectivity index (χ1) is 9.26. The van der Waals surface area contributed by atoms with Gasteiger partial charge in [-0.1, -0.05) is 6.42 Å². The maximum absolute atomic E-state index is 12.2. The van der Waals surface area contributed by atoms with Gasteiger partial charge in [0.25, 0.3) is 0 Å². The van der Waals surface area contributed by atoms with Crippen LogP contribution in [0.5, 0.6) is 0 Å². The van der Waals surface area contributed by atoms with Crippen LogP contribution >= 0.6 is 11.6 Å². The van der Waals surface area contributed by atoms with Crippen molar-refractivity contribution in [3.8, 4) is 0 Å². The van der Waals surface area contributed by atoms with Gasteiger partial charge in [0.15, 0.2) is 0 Å². The summed E-state index contributed by atoms with van der Waals surface area (Å²) in [7, 11) is -6.52. The van der Waals surface area contributed by atoms with Gasteiger partial charge in [-0.2, -0.15) is 4.31 Å². The first kappa shape index (κ1) is 18.2. The molecular formula is C11H23ClN2O4S2. The van der Waals surface area contributed by atoms with Crippen molar-refractivity contribution >= 4 is 31.6 Å². The number of nitrogens with one attached hydrogen (secondary N) is 1. The van der Waals surface area contributed by atoms with E-state index in [2.05, 4.69) is 4.72 Å². The summed E-state index contributed by atoms with van der Waals surface area (Å²) in [6, 6.07) is -0.113. The smallest absolute Gasteiger partial charge is 0.214 e. The van der Waals surface area contributed by atoms with E-state index >= 15 is 0 Å². The van der Waals surface area contributed by atoms with Crippen LogP contribution in [0, 0.1) is 0 Å². The summed E-state index contributed by atoms with van der Waals surface area (Å²) in [5, 5.41) is 0. The topological polar surface area (TPSA) is 83.6 Å². The van der Waals surface area contributed by atoms with Crippen LogP contribution in [0.25, 0.3) is 0 Å². The van der Waals surface area contributed by atoms with Crippen LogP contribution in [-0.4, -0.2) is 58.2 Å². The van der Waals surface area contributed by atoms with E-state index in [9.17, 15) is 16.8 Å². The number of piperidine rings is 1. The Kier molecular flexibility index (Phi) is 7.20. The van der Waals surface area contributed by atoms with E-state index in [0.717, 1.165) is 25.5 Å². The van der Waals surface area contributed by atoms with Gasteiger partial charge < -0.3 is 0 Å². The zero-order valence-electron chi connectivity index (χ0n) is 11.7. The van der Waals surface area contributed by atoms with Crippen molar-refractivity contribution in [3.05, 3.63) is 0 Å². The maximum atomic E-state index is 12.2. The average Bonchev–Trinajstić information content (AvgIpc) is 2.35. The highest BCUT2D eigenvalue weighted by Gasteiger charge is 2.31. The summed E-state index contributed by atoms with van der Waals surface area (Å²) in [6.45, 7) is 0.791. The molecule has 1 heterocycles. The molecule has 1 aliphatic heterocycles. The molecular weight excluding hydrogens is 324 g/mol. The van der Waals surface area contributed by atoms with Crippen molar-refractivity contribution in [2.75, 3.05) is 31.0 Å². The monoisotopic (exact) mass is 346 g/mol. The lowest BCUT2D eigenvalue weighted by atomic mass is 10.0. The predicted molar refractivity (Wildman–Crippen MR) is 80.9 cm³/mol. The Morgan fingerprint density at radius 3 is 2.55 bits per heavy atom. The Balaban J connectivity index is 2.62. The van der Waals surface area contributed by atoms with Crippen molar-refractivity contribution < 1.29 is 16.8 Å². The molecule has 9 heteroatoms. The molecule has 1 saturated heterocycles. The summed E-state index contributed by atoms with van der Waals surface area (Å²) in [6.07, 6.45) is 4.66. The van der Waals surface area contributed by atoms with Crippen molar-refractivity contribution in [1.82, 2.24) is 9.03 Å². The van der Waals surface area contributed by atoms with E-state index in [1.165, 1.54) is 4.31 Å². The van der Waals surface area contributed by atoms with Crippen LogP contribution in [0.1, 0.15) is 32.1 Å². The van der Waals surface area contributed by atoms with Gasteiger partial charge >= 0.3 is 0 Å². The Hall–Kier alpha value is 0.110. The molecule has 1 atom stereocenters. The number of halogens is 1. The lowest BCUT2D eigenvalue weighted by Gasteiger charge is -2.34. The molecule has 0 bridgehead atoms. The largest absolute Gasteiger partial charge is 0.215 e. The van der Waals surface area contributed by atoms with Gasteiger partial charge in [0.2, 0.25) is 20.0 Å². The fourth-order valence-corrected chi connectivity index (χ4v) is 4.99. The van der Waals surface area contributed by atoms with Crippen molar-refractivity contribution in [1.29, 1.82) is 0 Å². The number of hydrogen-bond donors (Lipinski definition) is 1. The van der Waals surface area contributed by atoms with Gasteiger partial charge in [-0.05, 0) is 25.7 Å². The van der Waals surface area contributed by atoms with Gasteiger partial charge in [-0.25, -0.2) is 21.6 Å². The summed E-state index contributed by atoms with van der Waals surface area (Å²) in [4.78, 5) is 0. The van der Waals surface area contributed by atoms with Crippen molar-refractivity contribution in [2.24, 2.45) is 0 Å². The molecule has 0 amide bonds. The molecule has 1 rings (SSSR count). The molecule has 1 aliphatic rings. The molecule has 0 spiro atoms. The van der Waals surface area contributed by atoms with Crippen LogP contribution < -0.4 is 4.72 Å². The molecule has 0 aromatic carbocycles. The van der Waals surface area contributed by atoms with Crippen molar-refractivity contribution in [3.63, 3.8) is 0 Å². The molecule has 1 fully saturated rings. The zero-order chi connectivity index (χ0) is 15.2. The van der Waals surface area contributed by atoms with Crippen LogP contribution in [0.3, 0.4) is 0 Å². The molecule has 0 aliphatic carbocycles. The average molecular weight is 347 g/mol. The molecule has 20 heavy (non-hydrogen) atoms. The fourth-order valence-electron chi connectivity index (χ4n) is 2.39. The minimum absolute atomic E-state index is 0.0620. The molecule has 1 unspecified atom stereocenters. The van der Waals surface area contributed by atoms with Crippen LogP contribution in [0.2, 0.25) is 0 Å². The zero-order valence-corrected chi connectivity index (χ0v) is 14.1. The lowest BCUT2D eigenvalue weighted by molar-refractivity contribution is 0.242. The third-order valence-corrected chi connectivity index (χ3v) is 6.30. The first-order valence-corrected chi connectivity index (χ1v) is 10.8. The molecule has 0 aromatic heterocycles. The third-order valence-electron chi connectivity index (χ3n) is 3.31.